The molecule has 0 unspecified atom stereocenters. The van der Waals surface area contributed by atoms with E-state index in [1.54, 1.807) is 18.4 Å². The lowest BCUT2D eigenvalue weighted by molar-refractivity contribution is -0.115. The summed E-state index contributed by atoms with van der Waals surface area (Å²) < 4.78 is 0. The van der Waals surface area contributed by atoms with Crippen molar-refractivity contribution in [3.63, 3.8) is 0 Å². The first-order chi connectivity index (χ1) is 3.84. The Balaban J connectivity index is 2.82. The Morgan fingerprint density at radius 2 is 2.50 bits per heavy atom. The second-order valence-electron chi connectivity index (χ2n) is 1.55. The highest BCUT2D eigenvalue weighted by molar-refractivity contribution is 5.99. The molecule has 0 saturated heterocycles. The van der Waals surface area contributed by atoms with Crippen LogP contribution < -0.4 is 5.32 Å². The van der Waals surface area contributed by atoms with Crippen LogP contribution in [-0.2, 0) is 4.79 Å². The fourth-order valence-corrected chi connectivity index (χ4v) is 0.593. The summed E-state index contributed by atoms with van der Waals surface area (Å²) in [5.41, 5.74) is 0.741. The van der Waals surface area contributed by atoms with Gasteiger partial charge in [-0.05, 0) is 13.0 Å². The van der Waals surface area contributed by atoms with E-state index in [1.165, 1.54) is 0 Å². The van der Waals surface area contributed by atoms with Gasteiger partial charge in [0.1, 0.15) is 0 Å². The Hall–Kier alpha value is -1.05. The third-order valence-corrected chi connectivity index (χ3v) is 1.05. The average Bonchev–Trinajstić information content (AvgIpc) is 2.14. The van der Waals surface area contributed by atoms with Crippen LogP contribution in [0, 0.1) is 0 Å². The number of rotatable bonds is 0. The second kappa shape index (κ2) is 1.82. The quantitative estimate of drug-likeness (QED) is 0.453. The Morgan fingerprint density at radius 3 is 2.75 bits per heavy atom. The summed E-state index contributed by atoms with van der Waals surface area (Å²) in [6, 6.07) is 0. The minimum Gasteiger partial charge on any atom is -0.329 e. The third kappa shape index (κ3) is 0.644. The van der Waals surface area contributed by atoms with Gasteiger partial charge in [0.15, 0.2) is 0 Å². The number of carbonyl (C=O) groups is 1. The zero-order chi connectivity index (χ0) is 5.98. The van der Waals surface area contributed by atoms with Crippen LogP contribution in [0.4, 0.5) is 0 Å². The molecule has 0 spiro atoms. The fraction of sp³-hybridized carbons (Fsp3) is 0.167. The lowest BCUT2D eigenvalue weighted by atomic mass is 10.3. The molecule has 0 atom stereocenters. The van der Waals surface area contributed by atoms with Crippen molar-refractivity contribution >= 4 is 5.91 Å². The first-order valence-electron chi connectivity index (χ1n) is 2.48. The topological polar surface area (TPSA) is 29.1 Å². The van der Waals surface area contributed by atoms with Crippen molar-refractivity contribution in [2.75, 3.05) is 0 Å². The van der Waals surface area contributed by atoms with Crippen molar-refractivity contribution in [1.29, 1.82) is 0 Å². The smallest absolute Gasteiger partial charge is 0.254 e. The predicted molar refractivity (Wildman–Crippen MR) is 31.0 cm³/mol. The Morgan fingerprint density at radius 1 is 1.75 bits per heavy atom. The molecule has 0 aliphatic carbocycles. The van der Waals surface area contributed by atoms with Crippen molar-refractivity contribution in [3.8, 4) is 0 Å². The molecule has 1 aliphatic rings. The first kappa shape index (κ1) is 5.09. The van der Waals surface area contributed by atoms with Crippen molar-refractivity contribution in [3.05, 3.63) is 23.9 Å². The van der Waals surface area contributed by atoms with Gasteiger partial charge in [-0.25, -0.2) is 0 Å². The van der Waals surface area contributed by atoms with Crippen LogP contribution in [0.1, 0.15) is 6.92 Å². The first-order valence-corrected chi connectivity index (χ1v) is 2.48. The molecule has 0 aromatic rings. The lowest BCUT2D eigenvalue weighted by Crippen LogP contribution is -2.11. The van der Waals surface area contributed by atoms with E-state index in [0.717, 1.165) is 5.57 Å². The van der Waals surface area contributed by atoms with Gasteiger partial charge in [-0.1, -0.05) is 6.08 Å². The highest BCUT2D eigenvalue weighted by Crippen LogP contribution is 2.00. The van der Waals surface area contributed by atoms with Crippen molar-refractivity contribution < 1.29 is 4.79 Å². The van der Waals surface area contributed by atoms with Gasteiger partial charge in [0.25, 0.3) is 5.91 Å². The van der Waals surface area contributed by atoms with Crippen molar-refractivity contribution in [1.82, 2.24) is 5.32 Å². The molecule has 1 heterocycles. The second-order valence-corrected chi connectivity index (χ2v) is 1.55. The number of carbonyl (C=O) groups excluding carboxylic acids is 1. The van der Waals surface area contributed by atoms with E-state index >= 15 is 0 Å². The van der Waals surface area contributed by atoms with Crippen molar-refractivity contribution in [2.24, 2.45) is 0 Å². The normalized spacial score (nSPS) is 22.1. The number of nitrogens with one attached hydrogen (secondary N) is 1. The SMILES string of the molecule is C/C=C1\C=CNC1=O. The number of amides is 1. The van der Waals surface area contributed by atoms with Crippen LogP contribution in [0.15, 0.2) is 23.9 Å². The largest absolute Gasteiger partial charge is 0.329 e. The lowest BCUT2D eigenvalue weighted by Gasteiger charge is -1.86. The van der Waals surface area contributed by atoms with E-state index in [-0.39, 0.29) is 5.91 Å². The molecule has 0 radical (unpaired) electrons. The molecular weight excluding hydrogens is 102 g/mol. The van der Waals surface area contributed by atoms with Gasteiger partial charge >= 0.3 is 0 Å². The summed E-state index contributed by atoms with van der Waals surface area (Å²) in [5, 5.41) is 2.53. The molecule has 0 aromatic carbocycles. The zero-order valence-corrected chi connectivity index (χ0v) is 4.64. The standard InChI is InChI=1S/C6H7NO/c1-2-5-3-4-7-6(5)8/h2-4H,1H3,(H,7,8)/b5-2+. The monoisotopic (exact) mass is 109 g/mol. The molecule has 0 fully saturated rings. The van der Waals surface area contributed by atoms with Crippen LogP contribution in [0.25, 0.3) is 0 Å². The summed E-state index contributed by atoms with van der Waals surface area (Å²) in [4.78, 5) is 10.6. The summed E-state index contributed by atoms with van der Waals surface area (Å²) in [6.45, 7) is 1.84. The molecule has 1 amide bonds. The minimum absolute atomic E-state index is 0.00694. The van der Waals surface area contributed by atoms with Crippen LogP contribution in [0.5, 0.6) is 0 Å². The van der Waals surface area contributed by atoms with Crippen molar-refractivity contribution in [2.45, 2.75) is 6.92 Å². The van der Waals surface area contributed by atoms with Gasteiger partial charge in [0.05, 0.1) is 0 Å². The fourth-order valence-electron chi connectivity index (χ4n) is 0.593. The summed E-state index contributed by atoms with van der Waals surface area (Å²) >= 11 is 0. The molecular formula is C6H7NO. The molecule has 1 aliphatic heterocycles. The predicted octanol–water partition coefficient (Wildman–Crippen LogP) is 0.576. The van der Waals surface area contributed by atoms with Crippen LogP contribution in [0.2, 0.25) is 0 Å². The number of hydrogen-bond donors (Lipinski definition) is 1. The molecule has 2 nitrogen and oxygen atoms in total. The minimum atomic E-state index is -0.00694. The van der Waals surface area contributed by atoms with Crippen LogP contribution in [-0.4, -0.2) is 5.91 Å². The Kier molecular flexibility index (Phi) is 1.16. The van der Waals surface area contributed by atoms with Gasteiger partial charge in [0, 0.05) is 11.8 Å². The van der Waals surface area contributed by atoms with Gasteiger partial charge < -0.3 is 5.32 Å². The summed E-state index contributed by atoms with van der Waals surface area (Å²) in [5.74, 6) is -0.00694. The molecule has 2 heteroatoms. The van der Waals surface area contributed by atoms with Crippen LogP contribution >= 0.6 is 0 Å². The van der Waals surface area contributed by atoms with Gasteiger partial charge in [-0.3, -0.25) is 4.79 Å². The Labute approximate surface area is 47.9 Å². The molecule has 1 N–H and O–H groups in total. The maximum absolute atomic E-state index is 10.6. The van der Waals surface area contributed by atoms with E-state index in [1.807, 2.05) is 6.92 Å². The van der Waals surface area contributed by atoms with E-state index < -0.39 is 0 Å². The maximum atomic E-state index is 10.6. The van der Waals surface area contributed by atoms with E-state index in [4.69, 9.17) is 0 Å². The number of hydrogen-bond acceptors (Lipinski definition) is 1. The molecule has 8 heavy (non-hydrogen) atoms. The summed E-state index contributed by atoms with van der Waals surface area (Å²) in [7, 11) is 0. The third-order valence-electron chi connectivity index (χ3n) is 1.05. The average molecular weight is 109 g/mol. The molecule has 0 aromatic heterocycles. The van der Waals surface area contributed by atoms with E-state index in [2.05, 4.69) is 5.32 Å². The maximum Gasteiger partial charge on any atom is 0.254 e. The van der Waals surface area contributed by atoms with E-state index in [9.17, 15) is 4.79 Å². The Bertz CT molecular complexity index is 167. The summed E-state index contributed by atoms with van der Waals surface area (Å²) in [6.07, 6.45) is 5.17. The zero-order valence-electron chi connectivity index (χ0n) is 4.64. The highest BCUT2D eigenvalue weighted by Gasteiger charge is 2.06. The highest BCUT2D eigenvalue weighted by atomic mass is 16.1. The molecule has 42 valence electrons. The number of allylic oxidation sites excluding steroid dienone is 1. The van der Waals surface area contributed by atoms with Crippen LogP contribution in [0.3, 0.4) is 0 Å². The molecule has 0 bridgehead atoms. The van der Waals surface area contributed by atoms with Gasteiger partial charge in [-0.15, -0.1) is 0 Å². The van der Waals surface area contributed by atoms with E-state index in [0.29, 0.717) is 0 Å². The van der Waals surface area contributed by atoms with Gasteiger partial charge in [-0.2, -0.15) is 0 Å². The van der Waals surface area contributed by atoms with Gasteiger partial charge in [0.2, 0.25) is 0 Å². The molecule has 0 saturated carbocycles. The molecule has 1 rings (SSSR count).